The van der Waals surface area contributed by atoms with Crippen LogP contribution in [-0.4, -0.2) is 23.4 Å². The standard InChI is InChI=1S/C31H30N2O3/c34-31(32-25-12-13-25)29-16-15-27(36-29)21-35-26-14-11-23-17-18-33(20-22-7-3-1-4-8-22)30(28(23)19-26)24-9-5-2-6-10-24/h1-11,14-16,19,25,30H,12-13,17-18,20-21H2,(H,32,34)/t30-/m0/s1. The number of hydrogen-bond donors (Lipinski definition) is 1. The molecule has 1 aromatic heterocycles. The van der Waals surface area contributed by atoms with E-state index in [9.17, 15) is 4.79 Å². The highest BCUT2D eigenvalue weighted by Crippen LogP contribution is 2.38. The second-order valence-corrected chi connectivity index (χ2v) is 9.68. The van der Waals surface area contributed by atoms with Crippen LogP contribution in [0.15, 0.2) is 95.4 Å². The van der Waals surface area contributed by atoms with Gasteiger partial charge in [-0.1, -0.05) is 66.7 Å². The Morgan fingerprint density at radius 1 is 0.944 bits per heavy atom. The lowest BCUT2D eigenvalue weighted by atomic mass is 9.87. The average Bonchev–Trinajstić information content (AvgIpc) is 3.60. The topological polar surface area (TPSA) is 54.7 Å². The molecule has 6 rings (SSSR count). The lowest BCUT2D eigenvalue weighted by Gasteiger charge is -2.38. The molecular formula is C31H30N2O3. The Balaban J connectivity index is 1.22. The summed E-state index contributed by atoms with van der Waals surface area (Å²) in [5.74, 6) is 1.63. The molecule has 0 unspecified atom stereocenters. The molecule has 36 heavy (non-hydrogen) atoms. The van der Waals surface area contributed by atoms with E-state index in [0.29, 0.717) is 17.6 Å². The van der Waals surface area contributed by atoms with Crippen molar-refractivity contribution in [3.63, 3.8) is 0 Å². The van der Waals surface area contributed by atoms with Crippen LogP contribution in [-0.2, 0) is 19.6 Å². The first-order valence-corrected chi connectivity index (χ1v) is 12.7. The van der Waals surface area contributed by atoms with Gasteiger partial charge in [-0.05, 0) is 65.8 Å². The molecular weight excluding hydrogens is 448 g/mol. The van der Waals surface area contributed by atoms with Crippen LogP contribution in [0.4, 0.5) is 0 Å². The smallest absolute Gasteiger partial charge is 0.287 e. The van der Waals surface area contributed by atoms with Gasteiger partial charge in [0.15, 0.2) is 5.76 Å². The normalized spacial score (nSPS) is 17.4. The second kappa shape index (κ2) is 10.0. The zero-order valence-electron chi connectivity index (χ0n) is 20.2. The molecule has 1 aliphatic carbocycles. The third-order valence-electron chi connectivity index (χ3n) is 6.97. The lowest BCUT2D eigenvalue weighted by molar-refractivity contribution is 0.0919. The number of fused-ring (bicyclic) bond motifs is 1. The molecule has 1 saturated carbocycles. The number of rotatable bonds is 8. The van der Waals surface area contributed by atoms with Crippen molar-refractivity contribution in [1.29, 1.82) is 0 Å². The number of amides is 1. The van der Waals surface area contributed by atoms with Crippen molar-refractivity contribution in [2.24, 2.45) is 0 Å². The summed E-state index contributed by atoms with van der Waals surface area (Å²) in [6.45, 7) is 2.17. The van der Waals surface area contributed by atoms with Crippen molar-refractivity contribution in [3.8, 4) is 5.75 Å². The van der Waals surface area contributed by atoms with Crippen LogP contribution in [0, 0.1) is 0 Å². The molecule has 1 atom stereocenters. The molecule has 0 spiro atoms. The zero-order valence-corrected chi connectivity index (χ0v) is 20.2. The highest BCUT2D eigenvalue weighted by atomic mass is 16.5. The van der Waals surface area contributed by atoms with Gasteiger partial charge >= 0.3 is 0 Å². The van der Waals surface area contributed by atoms with Gasteiger partial charge in [-0.15, -0.1) is 0 Å². The minimum absolute atomic E-state index is 0.151. The van der Waals surface area contributed by atoms with E-state index < -0.39 is 0 Å². The number of nitrogens with one attached hydrogen (secondary N) is 1. The fraction of sp³-hybridized carbons (Fsp3) is 0.258. The zero-order chi connectivity index (χ0) is 24.3. The summed E-state index contributed by atoms with van der Waals surface area (Å²) >= 11 is 0. The predicted molar refractivity (Wildman–Crippen MR) is 139 cm³/mol. The summed E-state index contributed by atoms with van der Waals surface area (Å²) < 4.78 is 11.9. The first kappa shape index (κ1) is 22.6. The van der Waals surface area contributed by atoms with Crippen LogP contribution in [0.2, 0.25) is 0 Å². The Bertz CT molecular complexity index is 1330. The second-order valence-electron chi connectivity index (χ2n) is 9.68. The highest BCUT2D eigenvalue weighted by Gasteiger charge is 2.29. The van der Waals surface area contributed by atoms with Gasteiger partial charge in [-0.2, -0.15) is 0 Å². The summed E-state index contributed by atoms with van der Waals surface area (Å²) in [6.07, 6.45) is 3.10. The number of nitrogens with zero attached hydrogens (tertiary/aromatic N) is 1. The van der Waals surface area contributed by atoms with Crippen molar-refractivity contribution < 1.29 is 13.9 Å². The van der Waals surface area contributed by atoms with Crippen LogP contribution in [0.5, 0.6) is 5.75 Å². The quantitative estimate of drug-likeness (QED) is 0.343. The van der Waals surface area contributed by atoms with Crippen molar-refractivity contribution in [2.75, 3.05) is 6.54 Å². The third kappa shape index (κ3) is 5.07. The number of ether oxygens (including phenoxy) is 1. The van der Waals surface area contributed by atoms with Crippen LogP contribution in [0.25, 0.3) is 0 Å². The number of carbonyl (C=O) groups excluding carboxylic acids is 1. The molecule has 0 bridgehead atoms. The fourth-order valence-corrected chi connectivity index (χ4v) is 4.97. The van der Waals surface area contributed by atoms with Gasteiger partial charge < -0.3 is 14.5 Å². The van der Waals surface area contributed by atoms with E-state index in [1.807, 2.05) is 12.1 Å². The van der Waals surface area contributed by atoms with Crippen molar-refractivity contribution in [3.05, 3.63) is 125 Å². The van der Waals surface area contributed by atoms with E-state index >= 15 is 0 Å². The first-order valence-electron chi connectivity index (χ1n) is 12.7. The van der Waals surface area contributed by atoms with Crippen molar-refractivity contribution in [2.45, 2.75) is 44.5 Å². The number of hydrogen-bond acceptors (Lipinski definition) is 4. The van der Waals surface area contributed by atoms with Gasteiger partial charge in [0.2, 0.25) is 0 Å². The van der Waals surface area contributed by atoms with Crippen LogP contribution in [0.3, 0.4) is 0 Å². The molecule has 1 amide bonds. The lowest BCUT2D eigenvalue weighted by Crippen LogP contribution is -2.35. The number of benzene rings is 3. The molecule has 0 radical (unpaired) electrons. The van der Waals surface area contributed by atoms with Crippen molar-refractivity contribution >= 4 is 5.91 Å². The maximum Gasteiger partial charge on any atom is 0.287 e. The Kier molecular flexibility index (Phi) is 6.31. The first-order chi connectivity index (χ1) is 17.7. The van der Waals surface area contributed by atoms with E-state index in [4.69, 9.17) is 9.15 Å². The van der Waals surface area contributed by atoms with Gasteiger partial charge in [0, 0.05) is 19.1 Å². The molecule has 3 aromatic carbocycles. The van der Waals surface area contributed by atoms with E-state index in [2.05, 4.69) is 83.0 Å². The van der Waals surface area contributed by atoms with E-state index in [1.54, 1.807) is 6.07 Å². The minimum Gasteiger partial charge on any atom is -0.486 e. The number of furan rings is 1. The largest absolute Gasteiger partial charge is 0.486 e. The van der Waals surface area contributed by atoms with E-state index in [1.165, 1.54) is 22.3 Å². The Labute approximate surface area is 211 Å². The average molecular weight is 479 g/mol. The van der Waals surface area contributed by atoms with Gasteiger partial charge in [0.25, 0.3) is 5.91 Å². The van der Waals surface area contributed by atoms with Gasteiger partial charge in [-0.25, -0.2) is 0 Å². The highest BCUT2D eigenvalue weighted by molar-refractivity contribution is 5.91. The summed E-state index contributed by atoms with van der Waals surface area (Å²) in [5, 5.41) is 2.96. The summed E-state index contributed by atoms with van der Waals surface area (Å²) in [7, 11) is 0. The SMILES string of the molecule is O=C(NC1CC1)c1ccc(COc2ccc3c(c2)[C@H](c2ccccc2)N(Cc2ccccc2)CC3)o1. The Hall–Kier alpha value is -3.83. The molecule has 182 valence electrons. The van der Waals surface area contributed by atoms with Gasteiger partial charge in [-0.3, -0.25) is 9.69 Å². The van der Waals surface area contributed by atoms with E-state index in [0.717, 1.165) is 38.1 Å². The van der Waals surface area contributed by atoms with Crippen molar-refractivity contribution in [1.82, 2.24) is 10.2 Å². The minimum atomic E-state index is -0.151. The molecule has 1 N–H and O–H groups in total. The Morgan fingerprint density at radius 2 is 1.72 bits per heavy atom. The van der Waals surface area contributed by atoms with Crippen LogP contribution in [0.1, 0.15) is 57.5 Å². The third-order valence-corrected chi connectivity index (χ3v) is 6.97. The molecule has 1 aliphatic heterocycles. The number of carbonyl (C=O) groups is 1. The summed E-state index contributed by atoms with van der Waals surface area (Å²) in [5.41, 5.74) is 5.24. The summed E-state index contributed by atoms with van der Waals surface area (Å²) in [4.78, 5) is 14.8. The predicted octanol–water partition coefficient (Wildman–Crippen LogP) is 5.90. The molecule has 5 heteroatoms. The van der Waals surface area contributed by atoms with Gasteiger partial charge in [0.05, 0.1) is 6.04 Å². The molecule has 1 fully saturated rings. The Morgan fingerprint density at radius 3 is 2.50 bits per heavy atom. The van der Waals surface area contributed by atoms with Crippen LogP contribution < -0.4 is 10.1 Å². The molecule has 0 saturated heterocycles. The van der Waals surface area contributed by atoms with E-state index in [-0.39, 0.29) is 18.6 Å². The molecule has 5 nitrogen and oxygen atoms in total. The van der Waals surface area contributed by atoms with Gasteiger partial charge in [0.1, 0.15) is 18.1 Å². The molecule has 2 heterocycles. The maximum atomic E-state index is 12.2. The molecule has 4 aromatic rings. The summed E-state index contributed by atoms with van der Waals surface area (Å²) in [6, 6.07) is 31.8. The molecule has 2 aliphatic rings. The monoisotopic (exact) mass is 478 g/mol. The van der Waals surface area contributed by atoms with Crippen LogP contribution >= 0.6 is 0 Å². The maximum absolute atomic E-state index is 12.2. The fourth-order valence-electron chi connectivity index (χ4n) is 4.97.